The second kappa shape index (κ2) is 9.19. The smallest absolute Gasteiger partial charge is 0.338 e. The molecule has 188 valence electrons. The highest BCUT2D eigenvalue weighted by atomic mass is 35.5. The molecule has 1 amide bonds. The first-order valence-electron chi connectivity index (χ1n) is 11.3. The van der Waals surface area contributed by atoms with E-state index in [-0.39, 0.29) is 38.0 Å². The molecular weight excluding hydrogens is 495 g/mol. The van der Waals surface area contributed by atoms with Gasteiger partial charge >= 0.3 is 5.97 Å². The summed E-state index contributed by atoms with van der Waals surface area (Å²) in [7, 11) is -3.81. The minimum Gasteiger partial charge on any atom is -0.452 e. The largest absolute Gasteiger partial charge is 0.452 e. The van der Waals surface area contributed by atoms with Crippen LogP contribution < -0.4 is 5.32 Å². The number of fused-ring (bicyclic) bond motifs is 2. The lowest BCUT2D eigenvalue weighted by Crippen LogP contribution is -2.37. The number of esters is 1. The maximum Gasteiger partial charge on any atom is 0.338 e. The molecule has 10 heteroatoms. The van der Waals surface area contributed by atoms with E-state index in [4.69, 9.17) is 16.3 Å². The Labute approximate surface area is 209 Å². The third kappa shape index (κ3) is 5.52. The topological polar surface area (TPSA) is 92.8 Å². The van der Waals surface area contributed by atoms with Crippen LogP contribution in [0.3, 0.4) is 0 Å². The molecule has 0 aromatic heterocycles. The van der Waals surface area contributed by atoms with E-state index in [1.807, 2.05) is 0 Å². The fourth-order valence-corrected chi connectivity index (χ4v) is 7.59. The molecule has 1 aliphatic heterocycles. The number of hydrogen-bond acceptors (Lipinski definition) is 5. The summed E-state index contributed by atoms with van der Waals surface area (Å²) in [6.07, 6.45) is 2.57. The van der Waals surface area contributed by atoms with Crippen LogP contribution in [0.4, 0.5) is 10.1 Å². The summed E-state index contributed by atoms with van der Waals surface area (Å²) < 4.78 is 46.9. The number of rotatable bonds is 6. The minimum absolute atomic E-state index is 0.0197. The first kappa shape index (κ1) is 25.6. The first-order chi connectivity index (χ1) is 16.3. The molecule has 4 rings (SSSR count). The molecule has 2 bridgehead atoms. The molecule has 2 aromatic rings. The standard InChI is InChI=1S/C25H28ClFN2O5S/c1-24(2)11-18-12-25(3,14-24)15-29(18)35(32,33)19-6-4-5-16(9-19)23(31)34-13-22(30)28-17-7-8-21(27)20(26)10-17/h4-10,18H,11-15H2,1-3H3,(H,28,30). The van der Waals surface area contributed by atoms with Crippen LogP contribution in [0.1, 0.15) is 50.4 Å². The summed E-state index contributed by atoms with van der Waals surface area (Å²) in [6, 6.07) is 9.25. The number of halogens is 2. The summed E-state index contributed by atoms with van der Waals surface area (Å²) in [4.78, 5) is 24.7. The second-order valence-corrected chi connectivity index (χ2v) is 12.8. The van der Waals surface area contributed by atoms with Crippen LogP contribution in [0, 0.1) is 16.6 Å². The molecule has 2 fully saturated rings. The number of ether oxygens (including phenoxy) is 1. The average molecular weight is 523 g/mol. The Morgan fingerprint density at radius 1 is 1.17 bits per heavy atom. The van der Waals surface area contributed by atoms with Crippen LogP contribution in [0.2, 0.25) is 5.02 Å². The third-order valence-electron chi connectivity index (χ3n) is 6.58. The predicted octanol–water partition coefficient (Wildman–Crippen LogP) is 4.86. The van der Waals surface area contributed by atoms with E-state index in [1.54, 1.807) is 4.31 Å². The number of nitrogens with one attached hydrogen (secondary N) is 1. The van der Waals surface area contributed by atoms with Gasteiger partial charge in [-0.2, -0.15) is 4.31 Å². The number of hydrogen-bond donors (Lipinski definition) is 1. The van der Waals surface area contributed by atoms with Gasteiger partial charge in [-0.05, 0) is 66.5 Å². The number of sulfonamides is 1. The van der Waals surface area contributed by atoms with Crippen molar-refractivity contribution in [3.63, 3.8) is 0 Å². The minimum atomic E-state index is -3.81. The Hall–Kier alpha value is -2.49. The van der Waals surface area contributed by atoms with Gasteiger partial charge in [-0.15, -0.1) is 0 Å². The zero-order valence-corrected chi connectivity index (χ0v) is 21.4. The fraction of sp³-hybridized carbons (Fsp3) is 0.440. The fourth-order valence-electron chi connectivity index (χ4n) is 5.59. The Balaban J connectivity index is 1.43. The van der Waals surface area contributed by atoms with Crippen molar-refractivity contribution in [2.75, 3.05) is 18.5 Å². The second-order valence-electron chi connectivity index (χ2n) is 10.5. The zero-order chi connectivity index (χ0) is 25.6. The van der Waals surface area contributed by atoms with E-state index < -0.39 is 34.3 Å². The summed E-state index contributed by atoms with van der Waals surface area (Å²) in [5.41, 5.74) is 0.265. The first-order valence-corrected chi connectivity index (χ1v) is 13.1. The summed E-state index contributed by atoms with van der Waals surface area (Å²) >= 11 is 5.69. The molecule has 0 radical (unpaired) electrons. The highest BCUT2D eigenvalue weighted by Gasteiger charge is 2.53. The van der Waals surface area contributed by atoms with Crippen LogP contribution in [0.25, 0.3) is 0 Å². The van der Waals surface area contributed by atoms with Crippen LogP contribution in [0.5, 0.6) is 0 Å². The van der Waals surface area contributed by atoms with Gasteiger partial charge in [0.15, 0.2) is 6.61 Å². The normalized spacial score (nSPS) is 23.6. The van der Waals surface area contributed by atoms with Crippen LogP contribution in [-0.4, -0.2) is 43.8 Å². The lowest BCUT2D eigenvalue weighted by Gasteiger charge is -2.39. The van der Waals surface area contributed by atoms with E-state index in [1.165, 1.54) is 36.4 Å². The van der Waals surface area contributed by atoms with Gasteiger partial charge in [0.25, 0.3) is 5.91 Å². The maximum atomic E-state index is 13.5. The number of benzene rings is 2. The number of carbonyl (C=O) groups is 2. The van der Waals surface area contributed by atoms with Crippen molar-refractivity contribution in [3.8, 4) is 0 Å². The van der Waals surface area contributed by atoms with Gasteiger partial charge in [-0.1, -0.05) is 38.4 Å². The molecule has 1 saturated heterocycles. The average Bonchev–Trinajstić information content (AvgIpc) is 3.04. The molecule has 35 heavy (non-hydrogen) atoms. The molecule has 2 atom stereocenters. The molecule has 1 saturated carbocycles. The van der Waals surface area contributed by atoms with Crippen LogP contribution in [-0.2, 0) is 19.6 Å². The lowest BCUT2D eigenvalue weighted by atomic mass is 9.65. The highest BCUT2D eigenvalue weighted by molar-refractivity contribution is 7.89. The van der Waals surface area contributed by atoms with E-state index in [2.05, 4.69) is 26.1 Å². The van der Waals surface area contributed by atoms with E-state index >= 15 is 0 Å². The van der Waals surface area contributed by atoms with Crippen LogP contribution >= 0.6 is 11.6 Å². The number of nitrogens with zero attached hydrogens (tertiary/aromatic N) is 1. The Bertz CT molecular complexity index is 1280. The predicted molar refractivity (Wildman–Crippen MR) is 130 cm³/mol. The molecule has 1 aliphatic carbocycles. The summed E-state index contributed by atoms with van der Waals surface area (Å²) in [6.45, 7) is 6.32. The molecule has 2 unspecified atom stereocenters. The summed E-state index contributed by atoms with van der Waals surface area (Å²) in [5.74, 6) is -2.10. The molecular formula is C25H28ClFN2O5S. The quantitative estimate of drug-likeness (QED) is 0.547. The summed E-state index contributed by atoms with van der Waals surface area (Å²) in [5, 5.41) is 2.30. The van der Waals surface area contributed by atoms with Crippen molar-refractivity contribution in [2.45, 2.75) is 51.0 Å². The van der Waals surface area contributed by atoms with Crippen molar-refractivity contribution < 1.29 is 27.1 Å². The SMILES string of the molecule is CC1(C)CC2CC(C)(CN2S(=O)(=O)c2cccc(C(=O)OCC(=O)Nc3ccc(F)c(Cl)c3)c2)C1. The van der Waals surface area contributed by atoms with E-state index in [0.29, 0.717) is 6.54 Å². The zero-order valence-electron chi connectivity index (χ0n) is 19.8. The molecule has 2 aliphatic rings. The Morgan fingerprint density at radius 2 is 1.91 bits per heavy atom. The third-order valence-corrected chi connectivity index (χ3v) is 8.76. The molecule has 1 heterocycles. The number of anilines is 1. The van der Waals surface area contributed by atoms with Gasteiger partial charge in [-0.3, -0.25) is 4.79 Å². The van der Waals surface area contributed by atoms with Crippen molar-refractivity contribution in [3.05, 3.63) is 58.9 Å². The Morgan fingerprint density at radius 3 is 2.63 bits per heavy atom. The number of carbonyl (C=O) groups excluding carboxylic acids is 2. The van der Waals surface area contributed by atoms with Gasteiger partial charge in [0.05, 0.1) is 15.5 Å². The van der Waals surface area contributed by atoms with Gasteiger partial charge in [0.1, 0.15) is 5.82 Å². The van der Waals surface area contributed by atoms with Crippen molar-refractivity contribution in [1.82, 2.24) is 4.31 Å². The molecule has 2 aromatic carbocycles. The van der Waals surface area contributed by atoms with Crippen molar-refractivity contribution in [2.24, 2.45) is 10.8 Å². The molecule has 0 spiro atoms. The van der Waals surface area contributed by atoms with E-state index in [9.17, 15) is 22.4 Å². The van der Waals surface area contributed by atoms with Gasteiger partial charge in [0.2, 0.25) is 10.0 Å². The number of amides is 1. The maximum absolute atomic E-state index is 13.5. The van der Waals surface area contributed by atoms with Crippen LogP contribution in [0.15, 0.2) is 47.4 Å². The highest BCUT2D eigenvalue weighted by Crippen LogP contribution is 2.53. The van der Waals surface area contributed by atoms with E-state index in [0.717, 1.165) is 25.3 Å². The molecule has 7 nitrogen and oxygen atoms in total. The van der Waals surface area contributed by atoms with Crippen molar-refractivity contribution in [1.29, 1.82) is 0 Å². The van der Waals surface area contributed by atoms with Crippen molar-refractivity contribution >= 4 is 39.2 Å². The lowest BCUT2D eigenvalue weighted by molar-refractivity contribution is -0.119. The van der Waals surface area contributed by atoms with Gasteiger partial charge in [-0.25, -0.2) is 17.6 Å². The molecule has 1 N–H and O–H groups in total. The van der Waals surface area contributed by atoms with Gasteiger partial charge < -0.3 is 10.1 Å². The van der Waals surface area contributed by atoms with Gasteiger partial charge in [0, 0.05) is 18.3 Å². The Kier molecular flexibility index (Phi) is 6.72. The monoisotopic (exact) mass is 522 g/mol.